The number of carbonyl (C=O) groups excluding carboxylic acids is 1. The summed E-state index contributed by atoms with van der Waals surface area (Å²) in [6.45, 7) is 4.93. The fourth-order valence-corrected chi connectivity index (χ4v) is 4.42. The van der Waals surface area contributed by atoms with Crippen molar-refractivity contribution in [2.75, 3.05) is 71.3 Å². The monoisotopic (exact) mass is 654 g/mol. The molecule has 0 saturated carbocycles. The van der Waals surface area contributed by atoms with Gasteiger partial charge in [0.05, 0.1) is 64.1 Å². The summed E-state index contributed by atoms with van der Waals surface area (Å²) in [5.74, 6) is 0.446. The van der Waals surface area contributed by atoms with Crippen molar-refractivity contribution in [2.24, 2.45) is 5.73 Å². The number of anilines is 1. The molecule has 0 atom stereocenters. The number of rotatable bonds is 19. The predicted octanol–water partition coefficient (Wildman–Crippen LogP) is 5.16. The van der Waals surface area contributed by atoms with E-state index in [1.165, 1.54) is 0 Å². The Hall–Kier alpha value is -3.32. The van der Waals surface area contributed by atoms with Crippen LogP contribution in [-0.2, 0) is 18.9 Å². The molecule has 43 heavy (non-hydrogen) atoms. The fraction of sp³-hybridized carbons (Fsp3) is 0.375. The molecule has 0 bridgehead atoms. The molecule has 1 aliphatic carbocycles. The molecule has 10 nitrogen and oxygen atoms in total. The van der Waals surface area contributed by atoms with Gasteiger partial charge in [-0.25, -0.2) is 4.68 Å². The van der Waals surface area contributed by atoms with Crippen LogP contribution in [0.25, 0.3) is 17.0 Å². The van der Waals surface area contributed by atoms with Crippen LogP contribution in [0.2, 0.25) is 0 Å². The molecule has 1 aromatic heterocycles. The average Bonchev–Trinajstić information content (AvgIpc) is 3.49. The molecule has 0 fully saturated rings. The Kier molecular flexibility index (Phi) is 13.9. The van der Waals surface area contributed by atoms with Crippen molar-refractivity contribution in [2.45, 2.75) is 12.8 Å². The number of ether oxygens (including phenoxy) is 5. The van der Waals surface area contributed by atoms with Gasteiger partial charge in [0.25, 0.3) is 5.91 Å². The summed E-state index contributed by atoms with van der Waals surface area (Å²) in [5.41, 5.74) is 8.93. The first kappa shape index (κ1) is 32.6. The first-order chi connectivity index (χ1) is 21.1. The molecule has 0 saturated heterocycles. The van der Waals surface area contributed by atoms with Gasteiger partial charge in [-0.2, -0.15) is 5.10 Å². The van der Waals surface area contributed by atoms with Gasteiger partial charge in [-0.3, -0.25) is 4.79 Å². The first-order valence-electron chi connectivity index (χ1n) is 14.4. The number of nitrogens with one attached hydrogen (secondary N) is 1. The Labute approximate surface area is 260 Å². The standard InChI is InChI=1S/C32H39BrN4O6/c33-26-8-6-25(7-9-26)31-30(24-37(36-31)28-4-2-1-3-5-28)32(38)35-27-10-12-29(13-11-27)43-23-22-42-21-20-41-19-18-40-17-16-39-15-14-34/h2,4-13,24H,1,3,14-23,34H2,(H,35,38). The van der Waals surface area contributed by atoms with Crippen LogP contribution in [0, 0.1) is 0 Å². The predicted molar refractivity (Wildman–Crippen MR) is 170 cm³/mol. The van der Waals surface area contributed by atoms with Crippen LogP contribution in [-0.4, -0.2) is 81.7 Å². The maximum Gasteiger partial charge on any atom is 0.259 e. The molecule has 1 heterocycles. The Bertz CT molecular complexity index is 1320. The van der Waals surface area contributed by atoms with Crippen molar-refractivity contribution in [3.63, 3.8) is 0 Å². The van der Waals surface area contributed by atoms with Gasteiger partial charge in [-0.1, -0.05) is 40.2 Å². The lowest BCUT2D eigenvalue weighted by Crippen LogP contribution is -2.15. The largest absolute Gasteiger partial charge is 0.491 e. The minimum atomic E-state index is -0.239. The van der Waals surface area contributed by atoms with Crippen LogP contribution < -0.4 is 15.8 Å². The molecule has 11 heteroatoms. The molecule has 0 spiro atoms. The number of nitrogens with two attached hydrogens (primary N) is 1. The molecular weight excluding hydrogens is 616 g/mol. The quantitative estimate of drug-likeness (QED) is 0.170. The van der Waals surface area contributed by atoms with E-state index in [1.54, 1.807) is 10.9 Å². The number of carbonyl (C=O) groups is 1. The zero-order chi connectivity index (χ0) is 30.1. The highest BCUT2D eigenvalue weighted by atomic mass is 79.9. The van der Waals surface area contributed by atoms with Crippen LogP contribution in [0.5, 0.6) is 5.75 Å². The summed E-state index contributed by atoms with van der Waals surface area (Å²) in [6.07, 6.45) is 10.00. The molecule has 3 N–H and O–H groups in total. The van der Waals surface area contributed by atoms with E-state index >= 15 is 0 Å². The fourth-order valence-electron chi connectivity index (χ4n) is 4.16. The Balaban J connectivity index is 1.19. The Morgan fingerprint density at radius 2 is 1.47 bits per heavy atom. The van der Waals surface area contributed by atoms with Crippen molar-refractivity contribution >= 4 is 33.2 Å². The number of aromatic nitrogens is 2. The van der Waals surface area contributed by atoms with Crippen LogP contribution >= 0.6 is 15.9 Å². The van der Waals surface area contributed by atoms with E-state index in [0.29, 0.717) is 88.7 Å². The van der Waals surface area contributed by atoms with Gasteiger partial charge in [0, 0.05) is 28.5 Å². The summed E-state index contributed by atoms with van der Waals surface area (Å²) in [4.78, 5) is 13.4. The smallest absolute Gasteiger partial charge is 0.259 e. The number of hydrogen-bond acceptors (Lipinski definition) is 8. The normalized spacial score (nSPS) is 12.7. The Morgan fingerprint density at radius 3 is 2.07 bits per heavy atom. The maximum atomic E-state index is 13.4. The van der Waals surface area contributed by atoms with Gasteiger partial charge in [-0.05, 0) is 55.3 Å². The number of amides is 1. The third kappa shape index (κ3) is 11.0. The second-order valence-corrected chi connectivity index (χ2v) is 10.4. The van der Waals surface area contributed by atoms with E-state index in [1.807, 2.05) is 54.6 Å². The molecular formula is C32H39BrN4O6. The first-order valence-corrected chi connectivity index (χ1v) is 15.2. The van der Waals surface area contributed by atoms with Crippen LogP contribution in [0.1, 0.15) is 23.2 Å². The molecule has 0 unspecified atom stereocenters. The molecule has 0 aliphatic heterocycles. The summed E-state index contributed by atoms with van der Waals surface area (Å²) >= 11 is 3.47. The van der Waals surface area contributed by atoms with E-state index in [4.69, 9.17) is 34.5 Å². The van der Waals surface area contributed by atoms with Gasteiger partial charge in [0.2, 0.25) is 0 Å². The lowest BCUT2D eigenvalue weighted by atomic mass is 10.1. The van der Waals surface area contributed by atoms with Gasteiger partial charge >= 0.3 is 0 Å². The van der Waals surface area contributed by atoms with E-state index in [-0.39, 0.29) is 5.91 Å². The summed E-state index contributed by atoms with van der Waals surface area (Å²) < 4.78 is 30.1. The number of halogens is 1. The summed E-state index contributed by atoms with van der Waals surface area (Å²) in [6, 6.07) is 15.0. The highest BCUT2D eigenvalue weighted by Crippen LogP contribution is 2.27. The minimum absolute atomic E-state index is 0.239. The molecule has 230 valence electrons. The van der Waals surface area contributed by atoms with Gasteiger partial charge < -0.3 is 34.7 Å². The van der Waals surface area contributed by atoms with Crippen LogP contribution in [0.4, 0.5) is 5.69 Å². The van der Waals surface area contributed by atoms with E-state index in [2.05, 4.69) is 33.4 Å². The van der Waals surface area contributed by atoms with Gasteiger partial charge in [-0.15, -0.1) is 0 Å². The summed E-state index contributed by atoms with van der Waals surface area (Å²) in [5, 5.41) is 7.76. The van der Waals surface area contributed by atoms with Crippen molar-refractivity contribution in [3.05, 3.63) is 83.0 Å². The van der Waals surface area contributed by atoms with Gasteiger partial charge in [0.1, 0.15) is 18.1 Å². The minimum Gasteiger partial charge on any atom is -0.491 e. The van der Waals surface area contributed by atoms with Crippen molar-refractivity contribution in [3.8, 4) is 17.0 Å². The van der Waals surface area contributed by atoms with E-state index in [9.17, 15) is 4.79 Å². The lowest BCUT2D eigenvalue weighted by Gasteiger charge is -2.10. The number of nitrogens with zero attached hydrogens (tertiary/aromatic N) is 2. The molecule has 2 aromatic carbocycles. The highest BCUT2D eigenvalue weighted by molar-refractivity contribution is 9.10. The third-order valence-electron chi connectivity index (χ3n) is 6.30. The maximum absolute atomic E-state index is 13.4. The molecule has 0 radical (unpaired) electrons. The van der Waals surface area contributed by atoms with E-state index in [0.717, 1.165) is 28.6 Å². The van der Waals surface area contributed by atoms with Crippen molar-refractivity contribution < 1.29 is 28.5 Å². The zero-order valence-electron chi connectivity index (χ0n) is 24.2. The highest BCUT2D eigenvalue weighted by Gasteiger charge is 2.19. The van der Waals surface area contributed by atoms with Gasteiger partial charge in [0.15, 0.2) is 0 Å². The van der Waals surface area contributed by atoms with E-state index < -0.39 is 0 Å². The second kappa shape index (κ2) is 18.4. The van der Waals surface area contributed by atoms with Crippen LogP contribution in [0.3, 0.4) is 0 Å². The second-order valence-electron chi connectivity index (χ2n) is 9.52. The molecule has 1 amide bonds. The van der Waals surface area contributed by atoms with Crippen LogP contribution in [0.15, 0.2) is 77.4 Å². The SMILES string of the molecule is NCCOCCOCCOCCOCCOc1ccc(NC(=O)c2cn(C3=CCCC=C3)nc2-c2ccc(Br)cc2)cc1. The number of benzene rings is 2. The Morgan fingerprint density at radius 1 is 0.837 bits per heavy atom. The third-order valence-corrected chi connectivity index (χ3v) is 6.83. The molecule has 3 aromatic rings. The van der Waals surface area contributed by atoms with Crippen molar-refractivity contribution in [1.82, 2.24) is 9.78 Å². The number of allylic oxidation sites excluding steroid dienone is 4. The van der Waals surface area contributed by atoms with Crippen molar-refractivity contribution in [1.29, 1.82) is 0 Å². The topological polar surface area (TPSA) is 119 Å². The summed E-state index contributed by atoms with van der Waals surface area (Å²) in [7, 11) is 0. The lowest BCUT2D eigenvalue weighted by molar-refractivity contribution is -0.00386. The molecule has 4 rings (SSSR count). The average molecular weight is 656 g/mol. The zero-order valence-corrected chi connectivity index (χ0v) is 25.8. The molecule has 1 aliphatic rings. The number of hydrogen-bond donors (Lipinski definition) is 2.